The van der Waals surface area contributed by atoms with Gasteiger partial charge < -0.3 is 10.4 Å². The predicted molar refractivity (Wildman–Crippen MR) is 70.7 cm³/mol. The number of carboxylic acids is 1. The molecule has 96 valence electrons. The van der Waals surface area contributed by atoms with E-state index in [9.17, 15) is 9.59 Å². The topological polar surface area (TPSA) is 66.4 Å². The SMILES string of the molecule is CC(=O)NCCC=Cc1cc(Cl)cc(C(=O)O)c1. The van der Waals surface area contributed by atoms with Crippen LogP contribution in [-0.2, 0) is 4.79 Å². The minimum Gasteiger partial charge on any atom is -0.478 e. The molecular weight excluding hydrogens is 254 g/mol. The number of carbonyl (C=O) groups is 2. The molecule has 4 nitrogen and oxygen atoms in total. The normalized spacial score (nSPS) is 10.6. The maximum atomic E-state index is 10.8. The number of hydrogen-bond donors (Lipinski definition) is 2. The first kappa shape index (κ1) is 14.3. The summed E-state index contributed by atoms with van der Waals surface area (Å²) in [7, 11) is 0. The average molecular weight is 268 g/mol. The number of carbonyl (C=O) groups excluding carboxylic acids is 1. The Balaban J connectivity index is 2.64. The smallest absolute Gasteiger partial charge is 0.335 e. The number of hydrogen-bond acceptors (Lipinski definition) is 2. The zero-order chi connectivity index (χ0) is 13.5. The molecule has 0 spiro atoms. The molecule has 0 aliphatic heterocycles. The van der Waals surface area contributed by atoms with Crippen LogP contribution >= 0.6 is 11.6 Å². The molecule has 18 heavy (non-hydrogen) atoms. The predicted octanol–water partition coefficient (Wildman–Crippen LogP) is 2.58. The van der Waals surface area contributed by atoms with Gasteiger partial charge in [-0.15, -0.1) is 0 Å². The van der Waals surface area contributed by atoms with E-state index in [-0.39, 0.29) is 11.5 Å². The van der Waals surface area contributed by atoms with Gasteiger partial charge >= 0.3 is 5.97 Å². The molecule has 0 radical (unpaired) electrons. The van der Waals surface area contributed by atoms with Gasteiger partial charge in [-0.1, -0.05) is 23.8 Å². The molecule has 1 rings (SSSR count). The van der Waals surface area contributed by atoms with Crippen molar-refractivity contribution in [2.75, 3.05) is 6.54 Å². The van der Waals surface area contributed by atoms with Crippen molar-refractivity contribution in [3.05, 3.63) is 40.4 Å². The molecule has 0 atom stereocenters. The highest BCUT2D eigenvalue weighted by molar-refractivity contribution is 6.31. The van der Waals surface area contributed by atoms with Crippen molar-refractivity contribution in [1.82, 2.24) is 5.32 Å². The lowest BCUT2D eigenvalue weighted by Gasteiger charge is -2.00. The van der Waals surface area contributed by atoms with Crippen LogP contribution in [0.3, 0.4) is 0 Å². The molecule has 0 aromatic heterocycles. The quantitative estimate of drug-likeness (QED) is 0.806. The molecular formula is C13H14ClNO3. The van der Waals surface area contributed by atoms with E-state index in [4.69, 9.17) is 16.7 Å². The fourth-order valence-electron chi connectivity index (χ4n) is 1.38. The van der Waals surface area contributed by atoms with E-state index >= 15 is 0 Å². The van der Waals surface area contributed by atoms with Crippen molar-refractivity contribution >= 4 is 29.6 Å². The van der Waals surface area contributed by atoms with Crippen molar-refractivity contribution in [2.45, 2.75) is 13.3 Å². The van der Waals surface area contributed by atoms with Gasteiger partial charge in [0.05, 0.1) is 5.56 Å². The maximum absolute atomic E-state index is 10.8. The molecule has 0 saturated carbocycles. The van der Waals surface area contributed by atoms with Gasteiger partial charge in [0.25, 0.3) is 0 Å². The fraction of sp³-hybridized carbons (Fsp3) is 0.231. The fourth-order valence-corrected chi connectivity index (χ4v) is 1.63. The van der Waals surface area contributed by atoms with Gasteiger partial charge in [0.15, 0.2) is 0 Å². The Kier molecular flexibility index (Phi) is 5.39. The maximum Gasteiger partial charge on any atom is 0.335 e. The average Bonchev–Trinajstić information content (AvgIpc) is 2.27. The Bertz CT molecular complexity index is 483. The van der Waals surface area contributed by atoms with Crippen molar-refractivity contribution in [3.8, 4) is 0 Å². The van der Waals surface area contributed by atoms with E-state index in [2.05, 4.69) is 5.32 Å². The molecule has 0 bridgehead atoms. The van der Waals surface area contributed by atoms with Crippen LogP contribution in [0.2, 0.25) is 5.02 Å². The van der Waals surface area contributed by atoms with Crippen molar-refractivity contribution in [1.29, 1.82) is 0 Å². The molecule has 0 fully saturated rings. The highest BCUT2D eigenvalue weighted by Gasteiger charge is 2.04. The third kappa shape index (κ3) is 5.01. The summed E-state index contributed by atoms with van der Waals surface area (Å²) in [5.41, 5.74) is 0.881. The van der Waals surface area contributed by atoms with Gasteiger partial charge in [-0.25, -0.2) is 4.79 Å². The summed E-state index contributed by atoms with van der Waals surface area (Å²) in [4.78, 5) is 21.4. The van der Waals surface area contributed by atoms with Crippen LogP contribution in [0, 0.1) is 0 Å². The minimum atomic E-state index is -1.01. The van der Waals surface area contributed by atoms with E-state index in [1.165, 1.54) is 13.0 Å². The highest BCUT2D eigenvalue weighted by atomic mass is 35.5. The Morgan fingerprint density at radius 2 is 2.11 bits per heavy atom. The number of rotatable bonds is 5. The van der Waals surface area contributed by atoms with Gasteiger partial charge in [0, 0.05) is 18.5 Å². The number of carboxylic acid groups (broad SMARTS) is 1. The second kappa shape index (κ2) is 6.81. The van der Waals surface area contributed by atoms with Crippen LogP contribution in [0.5, 0.6) is 0 Å². The van der Waals surface area contributed by atoms with Gasteiger partial charge in [0.2, 0.25) is 5.91 Å². The van der Waals surface area contributed by atoms with Gasteiger partial charge in [0.1, 0.15) is 0 Å². The molecule has 2 N–H and O–H groups in total. The van der Waals surface area contributed by atoms with Crippen LogP contribution in [0.4, 0.5) is 0 Å². The first-order valence-electron chi connectivity index (χ1n) is 5.44. The molecule has 1 amide bonds. The number of benzene rings is 1. The van der Waals surface area contributed by atoms with E-state index in [0.29, 0.717) is 18.0 Å². The lowest BCUT2D eigenvalue weighted by molar-refractivity contribution is -0.118. The summed E-state index contributed by atoms with van der Waals surface area (Å²) in [5, 5.41) is 11.9. The summed E-state index contributed by atoms with van der Waals surface area (Å²) < 4.78 is 0. The summed E-state index contributed by atoms with van der Waals surface area (Å²) in [5.74, 6) is -1.08. The highest BCUT2D eigenvalue weighted by Crippen LogP contribution is 2.16. The van der Waals surface area contributed by atoms with Crippen LogP contribution in [-0.4, -0.2) is 23.5 Å². The minimum absolute atomic E-state index is 0.0701. The molecule has 1 aromatic rings. The summed E-state index contributed by atoms with van der Waals surface area (Å²) in [6.07, 6.45) is 4.31. The number of halogens is 1. The van der Waals surface area contributed by atoms with Crippen LogP contribution in [0.25, 0.3) is 6.08 Å². The Hall–Kier alpha value is -1.81. The lowest BCUT2D eigenvalue weighted by Crippen LogP contribution is -2.20. The second-order valence-corrected chi connectivity index (χ2v) is 4.19. The lowest BCUT2D eigenvalue weighted by atomic mass is 10.1. The molecule has 0 aliphatic rings. The molecule has 0 heterocycles. The Labute approximate surface area is 110 Å². The molecule has 0 saturated heterocycles. The van der Waals surface area contributed by atoms with Crippen LogP contribution in [0.1, 0.15) is 29.3 Å². The standard InChI is InChI=1S/C13H14ClNO3/c1-9(16)15-5-3-2-4-10-6-11(13(17)18)8-12(14)7-10/h2,4,6-8H,3,5H2,1H3,(H,15,16)(H,17,18). The van der Waals surface area contributed by atoms with Gasteiger partial charge in [-0.3, -0.25) is 4.79 Å². The largest absolute Gasteiger partial charge is 0.478 e. The van der Waals surface area contributed by atoms with Gasteiger partial charge in [-0.05, 0) is 30.2 Å². The van der Waals surface area contributed by atoms with E-state index in [1.807, 2.05) is 6.08 Å². The number of amides is 1. The Morgan fingerprint density at radius 3 is 2.72 bits per heavy atom. The Morgan fingerprint density at radius 1 is 1.39 bits per heavy atom. The van der Waals surface area contributed by atoms with Crippen molar-refractivity contribution < 1.29 is 14.7 Å². The van der Waals surface area contributed by atoms with E-state index in [0.717, 1.165) is 5.56 Å². The first-order chi connectivity index (χ1) is 8.49. The third-order valence-corrected chi connectivity index (χ3v) is 2.38. The van der Waals surface area contributed by atoms with Crippen molar-refractivity contribution in [3.63, 3.8) is 0 Å². The molecule has 0 unspecified atom stereocenters. The monoisotopic (exact) mass is 267 g/mol. The van der Waals surface area contributed by atoms with Gasteiger partial charge in [-0.2, -0.15) is 0 Å². The van der Waals surface area contributed by atoms with Crippen LogP contribution in [0.15, 0.2) is 24.3 Å². The first-order valence-corrected chi connectivity index (χ1v) is 5.81. The molecule has 0 aliphatic carbocycles. The van der Waals surface area contributed by atoms with E-state index in [1.54, 1.807) is 18.2 Å². The summed E-state index contributed by atoms with van der Waals surface area (Å²) in [6.45, 7) is 2.01. The third-order valence-electron chi connectivity index (χ3n) is 2.16. The summed E-state index contributed by atoms with van der Waals surface area (Å²) in [6, 6.07) is 4.63. The molecule has 5 heteroatoms. The zero-order valence-corrected chi connectivity index (χ0v) is 10.7. The van der Waals surface area contributed by atoms with E-state index < -0.39 is 5.97 Å². The summed E-state index contributed by atoms with van der Waals surface area (Å²) >= 11 is 5.82. The van der Waals surface area contributed by atoms with Crippen LogP contribution < -0.4 is 5.32 Å². The number of nitrogens with one attached hydrogen (secondary N) is 1. The molecule has 1 aromatic carbocycles. The second-order valence-electron chi connectivity index (χ2n) is 3.75. The van der Waals surface area contributed by atoms with Crippen molar-refractivity contribution in [2.24, 2.45) is 0 Å². The zero-order valence-electron chi connectivity index (χ0n) is 9.94. The number of aromatic carboxylic acids is 1.